The van der Waals surface area contributed by atoms with Crippen LogP contribution in [0.25, 0.3) is 0 Å². The molecular weight excluding hydrogens is 389 g/mol. The Morgan fingerprint density at radius 2 is 2.10 bits per heavy atom. The highest BCUT2D eigenvalue weighted by atomic mass is 19.4. The molecule has 0 bridgehead atoms. The van der Waals surface area contributed by atoms with E-state index in [-0.39, 0.29) is 5.88 Å². The Labute approximate surface area is 169 Å². The molecule has 164 valence electrons. The van der Waals surface area contributed by atoms with Gasteiger partial charge in [0.25, 0.3) is 0 Å². The summed E-state index contributed by atoms with van der Waals surface area (Å²) in [6.07, 6.45) is -0.0146. The number of hydrogen-bond donors (Lipinski definition) is 2. The first kappa shape index (κ1) is 23.2. The van der Waals surface area contributed by atoms with E-state index in [0.29, 0.717) is 31.6 Å². The van der Waals surface area contributed by atoms with Crippen LogP contribution in [-0.2, 0) is 16.0 Å². The zero-order valence-corrected chi connectivity index (χ0v) is 16.6. The minimum atomic E-state index is -4.39. The van der Waals surface area contributed by atoms with Crippen LogP contribution in [-0.4, -0.2) is 63.7 Å². The number of alkyl halides is 3. The van der Waals surface area contributed by atoms with E-state index < -0.39 is 12.8 Å². The summed E-state index contributed by atoms with van der Waals surface area (Å²) in [6.45, 7) is 2.81. The topological polar surface area (TPSA) is 77.0 Å². The molecule has 0 amide bonds. The molecule has 29 heavy (non-hydrogen) atoms. The van der Waals surface area contributed by atoms with Crippen molar-refractivity contribution in [3.05, 3.63) is 23.9 Å². The van der Waals surface area contributed by atoms with Gasteiger partial charge in [-0.1, -0.05) is 0 Å². The highest BCUT2D eigenvalue weighted by molar-refractivity contribution is 5.79. The molecule has 1 aromatic rings. The Morgan fingerprint density at radius 1 is 1.31 bits per heavy atom. The maximum atomic E-state index is 12.2. The van der Waals surface area contributed by atoms with Crippen molar-refractivity contribution >= 4 is 5.96 Å². The lowest BCUT2D eigenvalue weighted by atomic mass is 10.0. The van der Waals surface area contributed by atoms with Crippen LogP contribution in [0.15, 0.2) is 23.3 Å². The van der Waals surface area contributed by atoms with Crippen molar-refractivity contribution in [1.82, 2.24) is 15.6 Å². The molecule has 0 atom stereocenters. The third-order valence-corrected chi connectivity index (χ3v) is 4.32. The molecule has 0 aromatic carbocycles. The number of ether oxygens (including phenoxy) is 3. The van der Waals surface area contributed by atoms with Gasteiger partial charge in [0.05, 0.1) is 0 Å². The van der Waals surface area contributed by atoms with Gasteiger partial charge >= 0.3 is 6.18 Å². The smallest absolute Gasteiger partial charge is 0.422 e. The Hall–Kier alpha value is -2.07. The first-order valence-corrected chi connectivity index (χ1v) is 9.71. The molecule has 0 radical (unpaired) electrons. The van der Waals surface area contributed by atoms with E-state index in [1.165, 1.54) is 12.3 Å². The van der Waals surface area contributed by atoms with Gasteiger partial charge in [-0.25, -0.2) is 4.98 Å². The molecule has 2 N–H and O–H groups in total. The van der Waals surface area contributed by atoms with Crippen molar-refractivity contribution in [2.45, 2.75) is 32.0 Å². The number of pyridine rings is 1. The fourth-order valence-corrected chi connectivity index (χ4v) is 2.75. The lowest BCUT2D eigenvalue weighted by Crippen LogP contribution is -2.37. The van der Waals surface area contributed by atoms with Gasteiger partial charge in [0, 0.05) is 58.8 Å². The molecule has 0 spiro atoms. The Kier molecular flexibility index (Phi) is 9.99. The molecule has 0 saturated carbocycles. The van der Waals surface area contributed by atoms with Crippen molar-refractivity contribution in [2.24, 2.45) is 10.9 Å². The maximum absolute atomic E-state index is 12.2. The van der Waals surface area contributed by atoms with Crippen LogP contribution < -0.4 is 15.4 Å². The van der Waals surface area contributed by atoms with E-state index in [4.69, 9.17) is 9.47 Å². The summed E-state index contributed by atoms with van der Waals surface area (Å²) in [4.78, 5) is 7.91. The largest absolute Gasteiger partial charge is 0.468 e. The normalized spacial score (nSPS) is 15.9. The van der Waals surface area contributed by atoms with Crippen LogP contribution in [0.1, 0.15) is 24.8 Å². The highest BCUT2D eigenvalue weighted by Crippen LogP contribution is 2.17. The number of nitrogens with zero attached hydrogens (tertiary/aromatic N) is 2. The molecule has 10 heteroatoms. The van der Waals surface area contributed by atoms with E-state index in [9.17, 15) is 13.2 Å². The number of aliphatic imine (C=N–C) groups is 1. The molecule has 1 fully saturated rings. The first-order valence-electron chi connectivity index (χ1n) is 9.71. The minimum Gasteiger partial charge on any atom is -0.468 e. The van der Waals surface area contributed by atoms with E-state index in [1.54, 1.807) is 13.1 Å². The minimum absolute atomic E-state index is 0.0637. The molecule has 7 nitrogen and oxygen atoms in total. The molecular formula is C19H29F3N4O3. The summed E-state index contributed by atoms with van der Waals surface area (Å²) < 4.78 is 52.4. The molecule has 1 aromatic heterocycles. The third-order valence-electron chi connectivity index (χ3n) is 4.32. The molecule has 1 aliphatic heterocycles. The molecule has 0 aliphatic carbocycles. The van der Waals surface area contributed by atoms with Gasteiger partial charge in [-0.15, -0.1) is 0 Å². The summed E-state index contributed by atoms with van der Waals surface area (Å²) in [6, 6.07) is 3.17. The van der Waals surface area contributed by atoms with Gasteiger partial charge in [-0.05, 0) is 36.8 Å². The SMILES string of the molecule is CN=C(NCCCOCC1CCOCC1)NCc1ccnc(OCC(F)(F)F)c1. The van der Waals surface area contributed by atoms with Gasteiger partial charge in [-0.3, -0.25) is 4.99 Å². The Morgan fingerprint density at radius 3 is 2.83 bits per heavy atom. The lowest BCUT2D eigenvalue weighted by Gasteiger charge is -2.21. The second-order valence-corrected chi connectivity index (χ2v) is 6.74. The second-order valence-electron chi connectivity index (χ2n) is 6.74. The van der Waals surface area contributed by atoms with Crippen LogP contribution in [0, 0.1) is 5.92 Å². The molecule has 2 heterocycles. The van der Waals surface area contributed by atoms with E-state index in [0.717, 1.165) is 44.6 Å². The quantitative estimate of drug-likeness (QED) is 0.346. The van der Waals surface area contributed by atoms with E-state index in [2.05, 4.69) is 25.3 Å². The average Bonchev–Trinajstić information content (AvgIpc) is 2.72. The maximum Gasteiger partial charge on any atom is 0.422 e. The second kappa shape index (κ2) is 12.5. The predicted molar refractivity (Wildman–Crippen MR) is 103 cm³/mol. The molecule has 1 saturated heterocycles. The summed E-state index contributed by atoms with van der Waals surface area (Å²) in [5.41, 5.74) is 0.736. The van der Waals surface area contributed by atoms with Gasteiger partial charge in [0.1, 0.15) is 0 Å². The van der Waals surface area contributed by atoms with Crippen LogP contribution in [0.2, 0.25) is 0 Å². The van der Waals surface area contributed by atoms with Gasteiger partial charge in [0.2, 0.25) is 5.88 Å². The standard InChI is InChI=1S/C19H29F3N4O3/c1-23-18(25-6-2-8-28-13-15-4-9-27-10-5-15)26-12-16-3-7-24-17(11-16)29-14-19(20,21)22/h3,7,11,15H,2,4-6,8-10,12-14H2,1H3,(H2,23,25,26). The number of rotatable bonds is 10. The number of halogens is 3. The Balaban J connectivity index is 1.60. The van der Waals surface area contributed by atoms with Crippen molar-refractivity contribution < 1.29 is 27.4 Å². The van der Waals surface area contributed by atoms with Gasteiger partial charge in [0.15, 0.2) is 12.6 Å². The highest BCUT2D eigenvalue weighted by Gasteiger charge is 2.28. The molecule has 0 unspecified atom stereocenters. The number of hydrogen-bond acceptors (Lipinski definition) is 5. The lowest BCUT2D eigenvalue weighted by molar-refractivity contribution is -0.154. The van der Waals surface area contributed by atoms with Gasteiger partial charge < -0.3 is 24.8 Å². The number of guanidine groups is 1. The third kappa shape index (κ3) is 10.3. The predicted octanol–water partition coefficient (Wildman–Crippen LogP) is 2.52. The van der Waals surface area contributed by atoms with Crippen LogP contribution >= 0.6 is 0 Å². The van der Waals surface area contributed by atoms with Crippen LogP contribution in [0.3, 0.4) is 0 Å². The Bertz CT molecular complexity index is 623. The average molecular weight is 418 g/mol. The number of nitrogens with one attached hydrogen (secondary N) is 2. The monoisotopic (exact) mass is 418 g/mol. The zero-order chi connectivity index (χ0) is 21.0. The summed E-state index contributed by atoms with van der Waals surface area (Å²) in [5.74, 6) is 1.13. The van der Waals surface area contributed by atoms with Crippen molar-refractivity contribution in [1.29, 1.82) is 0 Å². The fraction of sp³-hybridized carbons (Fsp3) is 0.684. The summed E-state index contributed by atoms with van der Waals surface area (Å²) in [5, 5.41) is 6.29. The van der Waals surface area contributed by atoms with Crippen LogP contribution in [0.4, 0.5) is 13.2 Å². The summed E-state index contributed by atoms with van der Waals surface area (Å²) in [7, 11) is 1.65. The fourth-order valence-electron chi connectivity index (χ4n) is 2.75. The summed E-state index contributed by atoms with van der Waals surface area (Å²) >= 11 is 0. The molecule has 2 rings (SSSR count). The van der Waals surface area contributed by atoms with E-state index in [1.807, 2.05) is 0 Å². The van der Waals surface area contributed by atoms with Crippen molar-refractivity contribution in [2.75, 3.05) is 46.6 Å². The molecule has 1 aliphatic rings. The van der Waals surface area contributed by atoms with Crippen molar-refractivity contribution in [3.63, 3.8) is 0 Å². The van der Waals surface area contributed by atoms with Crippen molar-refractivity contribution in [3.8, 4) is 5.88 Å². The number of aromatic nitrogens is 1. The van der Waals surface area contributed by atoms with Crippen LogP contribution in [0.5, 0.6) is 5.88 Å². The zero-order valence-electron chi connectivity index (χ0n) is 16.6. The first-order chi connectivity index (χ1) is 14.0. The van der Waals surface area contributed by atoms with E-state index >= 15 is 0 Å². The van der Waals surface area contributed by atoms with Gasteiger partial charge in [-0.2, -0.15) is 13.2 Å².